The summed E-state index contributed by atoms with van der Waals surface area (Å²) in [5.74, 6) is -0.234. The lowest BCUT2D eigenvalue weighted by Crippen LogP contribution is -2.17. The van der Waals surface area contributed by atoms with Gasteiger partial charge in [0.1, 0.15) is 4.99 Å². The summed E-state index contributed by atoms with van der Waals surface area (Å²) in [6.45, 7) is 0. The van der Waals surface area contributed by atoms with Gasteiger partial charge in [0.15, 0.2) is 0 Å². The summed E-state index contributed by atoms with van der Waals surface area (Å²) in [5.41, 5.74) is 7.37. The summed E-state index contributed by atoms with van der Waals surface area (Å²) in [6, 6.07) is 8.59. The van der Waals surface area contributed by atoms with Crippen molar-refractivity contribution >= 4 is 44.7 Å². The van der Waals surface area contributed by atoms with Gasteiger partial charge in [-0.15, -0.1) is 0 Å². The van der Waals surface area contributed by atoms with Crippen LogP contribution >= 0.6 is 28.1 Å². The first-order valence-electron chi connectivity index (χ1n) is 5.38. The Kier molecular flexibility index (Phi) is 4.24. The molecule has 0 aliphatic rings. The topological polar surface area (TPSA) is 68.0 Å². The molecule has 2 aromatic rings. The van der Waals surface area contributed by atoms with Crippen molar-refractivity contribution in [2.24, 2.45) is 5.73 Å². The fourth-order valence-corrected chi connectivity index (χ4v) is 2.06. The van der Waals surface area contributed by atoms with E-state index in [0.717, 1.165) is 4.47 Å². The summed E-state index contributed by atoms with van der Waals surface area (Å²) in [6.07, 6.45) is 3.12. The number of nitrogens with two attached hydrogens (primary N) is 1. The van der Waals surface area contributed by atoms with Crippen molar-refractivity contribution in [3.05, 3.63) is 58.3 Å². The van der Waals surface area contributed by atoms with Crippen molar-refractivity contribution in [1.82, 2.24) is 4.98 Å². The molecule has 1 aromatic carbocycles. The molecule has 0 aliphatic carbocycles. The number of carbonyl (C=O) groups is 1. The van der Waals surface area contributed by atoms with Crippen LogP contribution < -0.4 is 11.1 Å². The summed E-state index contributed by atoms with van der Waals surface area (Å²) in [4.78, 5) is 16.1. The van der Waals surface area contributed by atoms with Crippen molar-refractivity contribution in [3.8, 4) is 0 Å². The van der Waals surface area contributed by atoms with Crippen molar-refractivity contribution in [1.29, 1.82) is 0 Å². The predicted octanol–water partition coefficient (Wildman–Crippen LogP) is 2.73. The van der Waals surface area contributed by atoms with Crippen molar-refractivity contribution in [2.75, 3.05) is 5.32 Å². The van der Waals surface area contributed by atoms with Crippen LogP contribution in [0.15, 0.2) is 47.2 Å². The second-order valence-electron chi connectivity index (χ2n) is 3.74. The summed E-state index contributed by atoms with van der Waals surface area (Å²) >= 11 is 8.31. The molecule has 0 radical (unpaired) electrons. The first kappa shape index (κ1) is 13.6. The molecule has 1 aromatic heterocycles. The second-order valence-corrected chi connectivity index (χ2v) is 5.10. The van der Waals surface area contributed by atoms with Gasteiger partial charge in [0.05, 0.1) is 5.69 Å². The number of benzene rings is 1. The standard InChI is InChI=1S/C13H10BrN3OS/c14-9-1-2-11(10(7-9)12(15)19)17-13(18)8-3-5-16-6-4-8/h1-7H,(H2,15,19)(H,17,18). The average Bonchev–Trinajstić information content (AvgIpc) is 2.41. The van der Waals surface area contributed by atoms with Crippen molar-refractivity contribution < 1.29 is 4.79 Å². The molecule has 0 spiro atoms. The van der Waals surface area contributed by atoms with Crippen LogP contribution in [-0.4, -0.2) is 15.9 Å². The number of carbonyl (C=O) groups excluding carboxylic acids is 1. The van der Waals surface area contributed by atoms with E-state index in [-0.39, 0.29) is 10.9 Å². The maximum Gasteiger partial charge on any atom is 0.255 e. The van der Waals surface area contributed by atoms with E-state index in [1.807, 2.05) is 6.07 Å². The zero-order valence-corrected chi connectivity index (χ0v) is 12.2. The molecule has 0 unspecified atom stereocenters. The third-order valence-corrected chi connectivity index (χ3v) is 3.15. The number of rotatable bonds is 3. The van der Waals surface area contributed by atoms with Gasteiger partial charge in [-0.1, -0.05) is 28.1 Å². The molecule has 2 rings (SSSR count). The highest BCUT2D eigenvalue weighted by Gasteiger charge is 2.10. The van der Waals surface area contributed by atoms with E-state index in [9.17, 15) is 4.79 Å². The lowest BCUT2D eigenvalue weighted by Gasteiger charge is -2.10. The molecule has 0 aliphatic heterocycles. The molecule has 96 valence electrons. The number of aromatic nitrogens is 1. The minimum Gasteiger partial charge on any atom is -0.389 e. The molecule has 1 amide bonds. The highest BCUT2D eigenvalue weighted by molar-refractivity contribution is 9.10. The number of thiocarbonyl (C=S) groups is 1. The third kappa shape index (κ3) is 3.36. The lowest BCUT2D eigenvalue weighted by atomic mass is 10.1. The van der Waals surface area contributed by atoms with Gasteiger partial charge in [-0.25, -0.2) is 0 Å². The van der Waals surface area contributed by atoms with Crippen LogP contribution in [0, 0.1) is 0 Å². The van der Waals surface area contributed by atoms with E-state index in [2.05, 4.69) is 26.2 Å². The summed E-state index contributed by atoms with van der Waals surface area (Å²) < 4.78 is 0.845. The van der Waals surface area contributed by atoms with Crippen LogP contribution in [0.25, 0.3) is 0 Å². The average molecular weight is 336 g/mol. The lowest BCUT2D eigenvalue weighted by molar-refractivity contribution is 0.102. The first-order chi connectivity index (χ1) is 9.08. The Labute approximate surface area is 124 Å². The van der Waals surface area contributed by atoms with Crippen molar-refractivity contribution in [3.63, 3.8) is 0 Å². The van der Waals surface area contributed by atoms with E-state index >= 15 is 0 Å². The normalized spacial score (nSPS) is 9.95. The molecular weight excluding hydrogens is 326 g/mol. The number of hydrogen-bond acceptors (Lipinski definition) is 3. The smallest absolute Gasteiger partial charge is 0.255 e. The molecule has 0 fully saturated rings. The number of nitrogens with zero attached hydrogens (tertiary/aromatic N) is 1. The Morgan fingerprint density at radius 1 is 1.26 bits per heavy atom. The number of hydrogen-bond donors (Lipinski definition) is 2. The highest BCUT2D eigenvalue weighted by atomic mass is 79.9. The maximum atomic E-state index is 12.0. The molecule has 6 heteroatoms. The molecule has 0 saturated carbocycles. The number of nitrogens with one attached hydrogen (secondary N) is 1. The fourth-order valence-electron chi connectivity index (χ4n) is 1.53. The van der Waals surface area contributed by atoms with Crippen molar-refractivity contribution in [2.45, 2.75) is 0 Å². The molecule has 4 nitrogen and oxygen atoms in total. The Hall–Kier alpha value is -1.79. The molecule has 0 saturated heterocycles. The Morgan fingerprint density at radius 2 is 1.95 bits per heavy atom. The number of halogens is 1. The maximum absolute atomic E-state index is 12.0. The van der Waals surface area contributed by atoms with Crippen LogP contribution in [-0.2, 0) is 0 Å². The van der Waals surface area contributed by atoms with E-state index < -0.39 is 0 Å². The summed E-state index contributed by atoms with van der Waals surface area (Å²) in [5, 5.41) is 2.78. The van der Waals surface area contributed by atoms with E-state index in [1.165, 1.54) is 0 Å². The molecule has 3 N–H and O–H groups in total. The van der Waals surface area contributed by atoms with Crippen LogP contribution in [0.3, 0.4) is 0 Å². The molecular formula is C13H10BrN3OS. The van der Waals surface area contributed by atoms with Gasteiger partial charge in [-0.05, 0) is 30.3 Å². The first-order valence-corrected chi connectivity index (χ1v) is 6.59. The van der Waals surface area contributed by atoms with E-state index in [4.69, 9.17) is 18.0 Å². The van der Waals surface area contributed by atoms with Gasteiger partial charge in [-0.2, -0.15) is 0 Å². The van der Waals surface area contributed by atoms with Gasteiger partial charge in [0.2, 0.25) is 0 Å². The quantitative estimate of drug-likeness (QED) is 0.846. The van der Waals surface area contributed by atoms with Crippen LogP contribution in [0.4, 0.5) is 5.69 Å². The van der Waals surface area contributed by atoms with Gasteiger partial charge >= 0.3 is 0 Å². The van der Waals surface area contributed by atoms with Gasteiger partial charge < -0.3 is 11.1 Å². The summed E-state index contributed by atoms with van der Waals surface area (Å²) in [7, 11) is 0. The molecule has 19 heavy (non-hydrogen) atoms. The number of pyridine rings is 1. The van der Waals surface area contributed by atoms with Crippen LogP contribution in [0.2, 0.25) is 0 Å². The Morgan fingerprint density at radius 3 is 2.58 bits per heavy atom. The zero-order chi connectivity index (χ0) is 13.8. The minimum absolute atomic E-state index is 0.228. The monoisotopic (exact) mass is 335 g/mol. The largest absolute Gasteiger partial charge is 0.389 e. The van der Waals surface area contributed by atoms with Crippen LogP contribution in [0.5, 0.6) is 0 Å². The fraction of sp³-hybridized carbons (Fsp3) is 0. The van der Waals surface area contributed by atoms with Gasteiger partial charge in [0.25, 0.3) is 5.91 Å². The minimum atomic E-state index is -0.234. The SMILES string of the molecule is NC(=S)c1cc(Br)ccc1NC(=O)c1ccncc1. The van der Waals surface area contributed by atoms with E-state index in [1.54, 1.807) is 36.7 Å². The van der Waals surface area contributed by atoms with Gasteiger partial charge in [-0.3, -0.25) is 9.78 Å². The Bertz CT molecular complexity index is 631. The van der Waals surface area contributed by atoms with Crippen LogP contribution in [0.1, 0.15) is 15.9 Å². The number of anilines is 1. The Balaban J connectivity index is 2.29. The molecule has 0 bridgehead atoms. The van der Waals surface area contributed by atoms with E-state index in [0.29, 0.717) is 16.8 Å². The number of amides is 1. The van der Waals surface area contributed by atoms with Gasteiger partial charge in [0, 0.05) is 28.0 Å². The third-order valence-electron chi connectivity index (χ3n) is 2.44. The molecule has 0 atom stereocenters. The molecule has 1 heterocycles. The zero-order valence-electron chi connectivity index (χ0n) is 9.76. The second kappa shape index (κ2) is 5.90. The predicted molar refractivity (Wildman–Crippen MR) is 82.2 cm³/mol. The highest BCUT2D eigenvalue weighted by Crippen LogP contribution is 2.21.